The molecule has 0 aliphatic rings. The topological polar surface area (TPSA) is 58.6 Å². The lowest BCUT2D eigenvalue weighted by molar-refractivity contribution is -0.130. The zero-order valence-corrected chi connectivity index (χ0v) is 13.9. The molecule has 0 aliphatic carbocycles. The fraction of sp³-hybridized carbons (Fsp3) is 0.263. The summed E-state index contributed by atoms with van der Waals surface area (Å²) < 4.78 is 5.21. The summed E-state index contributed by atoms with van der Waals surface area (Å²) in [5.41, 5.74) is 1.87. The van der Waals surface area contributed by atoms with E-state index in [1.807, 2.05) is 60.7 Å². The SMILES string of the molecule is CN(C)C(=O)C(Cc1ccccc1)NC(=O)OCc1ccccc1. The quantitative estimate of drug-likeness (QED) is 0.888. The van der Waals surface area contributed by atoms with E-state index < -0.39 is 12.1 Å². The summed E-state index contributed by atoms with van der Waals surface area (Å²) in [6, 6.07) is 18.3. The number of ether oxygens (including phenoxy) is 1. The van der Waals surface area contributed by atoms with Crippen molar-refractivity contribution in [2.75, 3.05) is 14.1 Å². The van der Waals surface area contributed by atoms with Crippen LogP contribution in [0.1, 0.15) is 11.1 Å². The first-order valence-electron chi connectivity index (χ1n) is 7.78. The van der Waals surface area contributed by atoms with Crippen molar-refractivity contribution in [3.63, 3.8) is 0 Å². The van der Waals surface area contributed by atoms with E-state index >= 15 is 0 Å². The van der Waals surface area contributed by atoms with Gasteiger partial charge in [0.15, 0.2) is 0 Å². The van der Waals surface area contributed by atoms with Gasteiger partial charge < -0.3 is 15.0 Å². The van der Waals surface area contributed by atoms with Crippen molar-refractivity contribution in [3.05, 3.63) is 71.8 Å². The molecule has 0 spiro atoms. The summed E-state index contributed by atoms with van der Waals surface area (Å²) in [5.74, 6) is -0.171. The van der Waals surface area contributed by atoms with Crippen LogP contribution in [0.4, 0.5) is 4.79 Å². The summed E-state index contributed by atoms with van der Waals surface area (Å²) in [6.07, 6.45) is -0.187. The molecule has 0 saturated carbocycles. The molecule has 0 saturated heterocycles. The number of hydrogen-bond acceptors (Lipinski definition) is 3. The summed E-state index contributed by atoms with van der Waals surface area (Å²) in [6.45, 7) is 0.168. The van der Waals surface area contributed by atoms with Gasteiger partial charge in [-0.25, -0.2) is 4.79 Å². The molecule has 0 fully saturated rings. The van der Waals surface area contributed by atoms with Crippen LogP contribution in [0, 0.1) is 0 Å². The fourth-order valence-corrected chi connectivity index (χ4v) is 2.27. The summed E-state index contributed by atoms with van der Waals surface area (Å²) in [7, 11) is 3.33. The summed E-state index contributed by atoms with van der Waals surface area (Å²) in [4.78, 5) is 25.8. The second kappa shape index (κ2) is 8.72. The van der Waals surface area contributed by atoms with E-state index in [2.05, 4.69) is 5.32 Å². The monoisotopic (exact) mass is 326 g/mol. The maximum Gasteiger partial charge on any atom is 0.408 e. The molecule has 0 heterocycles. The molecule has 1 N–H and O–H groups in total. The van der Waals surface area contributed by atoms with Gasteiger partial charge in [-0.05, 0) is 11.1 Å². The predicted molar refractivity (Wildman–Crippen MR) is 92.4 cm³/mol. The van der Waals surface area contributed by atoms with Gasteiger partial charge in [0.1, 0.15) is 12.6 Å². The Labute approximate surface area is 142 Å². The first-order chi connectivity index (χ1) is 11.6. The van der Waals surface area contributed by atoms with Crippen molar-refractivity contribution in [1.82, 2.24) is 10.2 Å². The third-order valence-electron chi connectivity index (χ3n) is 3.53. The van der Waals surface area contributed by atoms with Crippen molar-refractivity contribution >= 4 is 12.0 Å². The average Bonchev–Trinajstić information content (AvgIpc) is 2.60. The van der Waals surface area contributed by atoms with Crippen LogP contribution in [0.2, 0.25) is 0 Å². The number of carbonyl (C=O) groups excluding carboxylic acids is 2. The molecule has 5 heteroatoms. The predicted octanol–water partition coefficient (Wildman–Crippen LogP) is 2.61. The van der Waals surface area contributed by atoms with E-state index in [0.717, 1.165) is 11.1 Å². The van der Waals surface area contributed by atoms with Crippen molar-refractivity contribution in [3.8, 4) is 0 Å². The van der Waals surface area contributed by atoms with Crippen LogP contribution in [0.3, 0.4) is 0 Å². The van der Waals surface area contributed by atoms with E-state index in [0.29, 0.717) is 6.42 Å². The average molecular weight is 326 g/mol. The molecule has 0 radical (unpaired) electrons. The number of carbonyl (C=O) groups is 2. The number of amides is 2. The number of nitrogens with zero attached hydrogens (tertiary/aromatic N) is 1. The molecule has 5 nitrogen and oxygen atoms in total. The number of nitrogens with one attached hydrogen (secondary N) is 1. The molecule has 0 bridgehead atoms. The van der Waals surface area contributed by atoms with Crippen LogP contribution < -0.4 is 5.32 Å². The minimum Gasteiger partial charge on any atom is -0.445 e. The standard InChI is InChI=1S/C19H22N2O3/c1-21(2)18(22)17(13-15-9-5-3-6-10-15)20-19(23)24-14-16-11-7-4-8-12-16/h3-12,17H,13-14H2,1-2H3,(H,20,23). The highest BCUT2D eigenvalue weighted by molar-refractivity contribution is 5.85. The summed E-state index contributed by atoms with van der Waals surface area (Å²) >= 11 is 0. The minimum atomic E-state index is -0.661. The van der Waals surface area contributed by atoms with Gasteiger partial charge in [-0.1, -0.05) is 60.7 Å². The van der Waals surface area contributed by atoms with E-state index in [1.165, 1.54) is 4.90 Å². The third kappa shape index (κ3) is 5.43. The van der Waals surface area contributed by atoms with Crippen LogP contribution in [-0.2, 0) is 22.6 Å². The van der Waals surface area contributed by atoms with Crippen LogP contribution in [0.25, 0.3) is 0 Å². The first kappa shape index (κ1) is 17.5. The highest BCUT2D eigenvalue weighted by Gasteiger charge is 2.23. The maximum absolute atomic E-state index is 12.3. The Balaban J connectivity index is 1.96. The van der Waals surface area contributed by atoms with Gasteiger partial charge in [-0.2, -0.15) is 0 Å². The van der Waals surface area contributed by atoms with Gasteiger partial charge in [-0.15, -0.1) is 0 Å². The molecule has 126 valence electrons. The van der Waals surface area contributed by atoms with Gasteiger partial charge in [0.25, 0.3) is 0 Å². The van der Waals surface area contributed by atoms with E-state index in [9.17, 15) is 9.59 Å². The number of benzene rings is 2. The Morgan fingerprint density at radius 2 is 1.50 bits per heavy atom. The van der Waals surface area contributed by atoms with Gasteiger partial charge in [-0.3, -0.25) is 4.79 Å². The molecule has 1 atom stereocenters. The largest absolute Gasteiger partial charge is 0.445 e. The first-order valence-corrected chi connectivity index (χ1v) is 7.78. The van der Waals surface area contributed by atoms with Gasteiger partial charge >= 0.3 is 6.09 Å². The van der Waals surface area contributed by atoms with Crippen LogP contribution in [0.5, 0.6) is 0 Å². The van der Waals surface area contributed by atoms with Crippen LogP contribution >= 0.6 is 0 Å². The second-order valence-electron chi connectivity index (χ2n) is 5.68. The summed E-state index contributed by atoms with van der Waals surface area (Å²) in [5, 5.41) is 2.66. The zero-order valence-electron chi connectivity index (χ0n) is 13.9. The lowest BCUT2D eigenvalue weighted by Crippen LogP contribution is -2.47. The molecule has 2 amide bonds. The molecular weight excluding hydrogens is 304 g/mol. The fourth-order valence-electron chi connectivity index (χ4n) is 2.27. The van der Waals surface area contributed by atoms with Crippen molar-refractivity contribution in [1.29, 1.82) is 0 Å². The Kier molecular flexibility index (Phi) is 6.37. The van der Waals surface area contributed by atoms with Gasteiger partial charge in [0.05, 0.1) is 0 Å². The highest BCUT2D eigenvalue weighted by Crippen LogP contribution is 2.06. The van der Waals surface area contributed by atoms with E-state index in [1.54, 1.807) is 14.1 Å². The van der Waals surface area contributed by atoms with Crippen molar-refractivity contribution in [2.45, 2.75) is 19.1 Å². The Hall–Kier alpha value is -2.82. The normalized spacial score (nSPS) is 11.4. The van der Waals surface area contributed by atoms with E-state index in [-0.39, 0.29) is 12.5 Å². The third-order valence-corrected chi connectivity index (χ3v) is 3.53. The van der Waals surface area contributed by atoms with E-state index in [4.69, 9.17) is 4.74 Å². The van der Waals surface area contributed by atoms with Gasteiger partial charge in [0, 0.05) is 20.5 Å². The minimum absolute atomic E-state index is 0.168. The molecule has 24 heavy (non-hydrogen) atoms. The van der Waals surface area contributed by atoms with Crippen molar-refractivity contribution < 1.29 is 14.3 Å². The zero-order chi connectivity index (χ0) is 17.4. The molecule has 2 rings (SSSR count). The molecule has 0 aliphatic heterocycles. The molecule has 0 aromatic heterocycles. The Bertz CT molecular complexity index is 657. The smallest absolute Gasteiger partial charge is 0.408 e. The molecule has 1 unspecified atom stereocenters. The Morgan fingerprint density at radius 1 is 0.958 bits per heavy atom. The van der Waals surface area contributed by atoms with Crippen LogP contribution in [-0.4, -0.2) is 37.0 Å². The number of likely N-dealkylation sites (N-methyl/N-ethyl adjacent to an activating group) is 1. The number of alkyl carbamates (subject to hydrolysis) is 1. The maximum atomic E-state index is 12.3. The lowest BCUT2D eigenvalue weighted by atomic mass is 10.1. The number of rotatable bonds is 6. The van der Waals surface area contributed by atoms with Crippen LogP contribution in [0.15, 0.2) is 60.7 Å². The van der Waals surface area contributed by atoms with Gasteiger partial charge in [0.2, 0.25) is 5.91 Å². The highest BCUT2D eigenvalue weighted by atomic mass is 16.5. The number of hydrogen-bond donors (Lipinski definition) is 1. The Morgan fingerprint density at radius 3 is 2.04 bits per heavy atom. The molecule has 2 aromatic rings. The molecule has 2 aromatic carbocycles. The molecular formula is C19H22N2O3. The second-order valence-corrected chi connectivity index (χ2v) is 5.68. The van der Waals surface area contributed by atoms with Crippen molar-refractivity contribution in [2.24, 2.45) is 0 Å². The lowest BCUT2D eigenvalue weighted by Gasteiger charge is -2.21.